The maximum Gasteiger partial charge on any atom is 0.322 e. The summed E-state index contributed by atoms with van der Waals surface area (Å²) in [6.45, 7) is 7.79. The maximum absolute atomic E-state index is 11.8. The van der Waals surface area contributed by atoms with Crippen molar-refractivity contribution in [3.05, 3.63) is 5.89 Å². The fourth-order valence-corrected chi connectivity index (χ4v) is 2.21. The SMILES string of the molecule is CC(C)c1nnc(NC(=O)CSc2nnnn2C(C)C)o1. The number of thioether (sulfide) groups is 1. The molecule has 1 N–H and O–H groups in total. The molecule has 2 heterocycles. The number of tetrazole rings is 1. The number of nitrogens with one attached hydrogen (secondary N) is 1. The Kier molecular flexibility index (Phi) is 4.89. The molecule has 0 unspecified atom stereocenters. The summed E-state index contributed by atoms with van der Waals surface area (Å²) in [6, 6.07) is 0.239. The van der Waals surface area contributed by atoms with Gasteiger partial charge in [0.05, 0.1) is 11.8 Å². The molecule has 0 atom stereocenters. The van der Waals surface area contributed by atoms with E-state index >= 15 is 0 Å². The van der Waals surface area contributed by atoms with Crippen molar-refractivity contribution in [2.75, 3.05) is 11.1 Å². The highest BCUT2D eigenvalue weighted by Crippen LogP contribution is 2.18. The zero-order valence-corrected chi connectivity index (χ0v) is 13.1. The van der Waals surface area contributed by atoms with E-state index in [4.69, 9.17) is 4.42 Å². The van der Waals surface area contributed by atoms with Crippen LogP contribution in [0.1, 0.15) is 45.5 Å². The fraction of sp³-hybridized carbons (Fsp3) is 0.636. The Balaban J connectivity index is 1.88. The Morgan fingerprint density at radius 2 is 2.05 bits per heavy atom. The second-order valence-corrected chi connectivity index (χ2v) is 5.88. The molecular weight excluding hydrogens is 294 g/mol. The van der Waals surface area contributed by atoms with E-state index in [1.807, 2.05) is 27.7 Å². The lowest BCUT2D eigenvalue weighted by molar-refractivity contribution is -0.113. The van der Waals surface area contributed by atoms with Gasteiger partial charge in [-0.05, 0) is 24.3 Å². The largest absolute Gasteiger partial charge is 0.408 e. The van der Waals surface area contributed by atoms with Crippen LogP contribution in [0.2, 0.25) is 0 Å². The van der Waals surface area contributed by atoms with Crippen LogP contribution in [0.5, 0.6) is 0 Å². The van der Waals surface area contributed by atoms with E-state index in [9.17, 15) is 4.79 Å². The van der Waals surface area contributed by atoms with E-state index in [-0.39, 0.29) is 29.6 Å². The highest BCUT2D eigenvalue weighted by atomic mass is 32.2. The normalized spacial score (nSPS) is 11.3. The molecule has 0 spiro atoms. The Hall–Kier alpha value is -1.97. The molecule has 0 aliphatic rings. The first kappa shape index (κ1) is 15.4. The van der Waals surface area contributed by atoms with Gasteiger partial charge in [0.25, 0.3) is 0 Å². The molecule has 21 heavy (non-hydrogen) atoms. The van der Waals surface area contributed by atoms with E-state index in [0.717, 1.165) is 0 Å². The van der Waals surface area contributed by atoms with Crippen molar-refractivity contribution in [1.29, 1.82) is 0 Å². The van der Waals surface area contributed by atoms with Crippen molar-refractivity contribution in [2.45, 2.75) is 44.8 Å². The summed E-state index contributed by atoms with van der Waals surface area (Å²) in [4.78, 5) is 11.8. The number of aromatic nitrogens is 6. The third-order valence-electron chi connectivity index (χ3n) is 2.46. The zero-order chi connectivity index (χ0) is 15.4. The van der Waals surface area contributed by atoms with E-state index in [0.29, 0.717) is 11.0 Å². The third-order valence-corrected chi connectivity index (χ3v) is 3.40. The van der Waals surface area contributed by atoms with E-state index in [1.165, 1.54) is 11.8 Å². The Morgan fingerprint density at radius 3 is 2.67 bits per heavy atom. The van der Waals surface area contributed by atoms with Gasteiger partial charge in [-0.25, -0.2) is 4.68 Å². The van der Waals surface area contributed by atoms with Crippen molar-refractivity contribution in [2.24, 2.45) is 0 Å². The van der Waals surface area contributed by atoms with Gasteiger partial charge in [-0.1, -0.05) is 30.7 Å². The van der Waals surface area contributed by atoms with Crippen LogP contribution in [0.4, 0.5) is 6.01 Å². The minimum atomic E-state index is -0.253. The molecule has 2 aromatic heterocycles. The Labute approximate surface area is 125 Å². The predicted octanol–water partition coefficient (Wildman–Crippen LogP) is 1.49. The van der Waals surface area contributed by atoms with Gasteiger partial charge >= 0.3 is 6.01 Å². The molecule has 0 aliphatic heterocycles. The summed E-state index contributed by atoms with van der Waals surface area (Å²) < 4.78 is 6.96. The summed E-state index contributed by atoms with van der Waals surface area (Å²) >= 11 is 1.25. The molecule has 0 saturated heterocycles. The minimum absolute atomic E-state index is 0.104. The molecule has 0 aromatic carbocycles. The van der Waals surface area contributed by atoms with Gasteiger partial charge in [0.2, 0.25) is 17.0 Å². The first-order chi connectivity index (χ1) is 9.97. The van der Waals surface area contributed by atoms with Gasteiger partial charge in [-0.3, -0.25) is 10.1 Å². The van der Waals surface area contributed by atoms with Crippen molar-refractivity contribution in [3.8, 4) is 0 Å². The van der Waals surface area contributed by atoms with Crippen molar-refractivity contribution in [3.63, 3.8) is 0 Å². The quantitative estimate of drug-likeness (QED) is 0.799. The Morgan fingerprint density at radius 1 is 1.29 bits per heavy atom. The molecule has 2 rings (SSSR count). The number of hydrogen-bond acceptors (Lipinski definition) is 8. The van der Waals surface area contributed by atoms with Gasteiger partial charge in [0.15, 0.2) is 0 Å². The van der Waals surface area contributed by atoms with E-state index < -0.39 is 0 Å². The van der Waals surface area contributed by atoms with Gasteiger partial charge in [-0.2, -0.15) is 0 Å². The summed E-state index contributed by atoms with van der Waals surface area (Å²) in [5, 5.41) is 22.1. The number of rotatable bonds is 6. The van der Waals surface area contributed by atoms with Crippen LogP contribution < -0.4 is 5.32 Å². The standard InChI is InChI=1S/C11H17N7O2S/c1-6(2)9-13-14-10(20-9)12-8(19)5-21-11-15-16-17-18(11)7(3)4/h6-7H,5H2,1-4H3,(H,12,14,19). The molecule has 0 fully saturated rings. The van der Waals surface area contributed by atoms with Crippen LogP contribution in [0.3, 0.4) is 0 Å². The van der Waals surface area contributed by atoms with Crippen molar-refractivity contribution >= 4 is 23.7 Å². The molecule has 114 valence electrons. The number of carbonyl (C=O) groups excluding carboxylic acids is 1. The van der Waals surface area contributed by atoms with Gasteiger partial charge in [0.1, 0.15) is 0 Å². The number of nitrogens with zero attached hydrogens (tertiary/aromatic N) is 6. The maximum atomic E-state index is 11.8. The van der Waals surface area contributed by atoms with Crippen LogP contribution in [-0.4, -0.2) is 42.1 Å². The van der Waals surface area contributed by atoms with Gasteiger partial charge in [-0.15, -0.1) is 10.2 Å². The lowest BCUT2D eigenvalue weighted by Gasteiger charge is -2.06. The second-order valence-electron chi connectivity index (χ2n) is 4.94. The monoisotopic (exact) mass is 311 g/mol. The summed E-state index contributed by atoms with van der Waals surface area (Å²) in [7, 11) is 0. The molecular formula is C11H17N7O2S. The lowest BCUT2D eigenvalue weighted by atomic mass is 10.2. The van der Waals surface area contributed by atoms with Crippen LogP contribution in [-0.2, 0) is 4.79 Å². The van der Waals surface area contributed by atoms with E-state index in [1.54, 1.807) is 4.68 Å². The summed E-state index contributed by atoms with van der Waals surface area (Å²) in [6.07, 6.45) is 0. The number of anilines is 1. The zero-order valence-electron chi connectivity index (χ0n) is 12.3. The smallest absolute Gasteiger partial charge is 0.322 e. The number of carbonyl (C=O) groups is 1. The lowest BCUT2D eigenvalue weighted by Crippen LogP contribution is -2.15. The highest BCUT2D eigenvalue weighted by Gasteiger charge is 2.15. The first-order valence-electron chi connectivity index (χ1n) is 6.51. The van der Waals surface area contributed by atoms with Crippen molar-refractivity contribution in [1.82, 2.24) is 30.4 Å². The van der Waals surface area contributed by atoms with Crippen LogP contribution in [0.15, 0.2) is 9.57 Å². The molecule has 0 saturated carbocycles. The van der Waals surface area contributed by atoms with Gasteiger partial charge in [0, 0.05) is 5.92 Å². The van der Waals surface area contributed by atoms with E-state index in [2.05, 4.69) is 31.0 Å². The topological polar surface area (TPSA) is 112 Å². The fourth-order valence-electron chi connectivity index (χ4n) is 1.41. The predicted molar refractivity (Wildman–Crippen MR) is 75.9 cm³/mol. The highest BCUT2D eigenvalue weighted by molar-refractivity contribution is 7.99. The molecule has 1 amide bonds. The minimum Gasteiger partial charge on any atom is -0.408 e. The van der Waals surface area contributed by atoms with Crippen LogP contribution >= 0.6 is 11.8 Å². The number of hydrogen-bond donors (Lipinski definition) is 1. The van der Waals surface area contributed by atoms with Crippen molar-refractivity contribution < 1.29 is 9.21 Å². The Bertz CT molecular complexity index is 607. The number of amides is 1. The van der Waals surface area contributed by atoms with Crippen LogP contribution in [0, 0.1) is 0 Å². The molecule has 0 bridgehead atoms. The average molecular weight is 311 g/mol. The van der Waals surface area contributed by atoms with Crippen LogP contribution in [0.25, 0.3) is 0 Å². The second kappa shape index (κ2) is 6.66. The summed E-state index contributed by atoms with van der Waals surface area (Å²) in [5.41, 5.74) is 0. The first-order valence-corrected chi connectivity index (χ1v) is 7.50. The molecule has 0 aliphatic carbocycles. The average Bonchev–Trinajstić information content (AvgIpc) is 3.04. The molecule has 10 heteroatoms. The third kappa shape index (κ3) is 4.00. The molecule has 2 aromatic rings. The molecule has 0 radical (unpaired) electrons. The summed E-state index contributed by atoms with van der Waals surface area (Å²) in [5.74, 6) is 0.513. The molecule has 9 nitrogen and oxygen atoms in total. The van der Waals surface area contributed by atoms with Gasteiger partial charge < -0.3 is 4.42 Å².